The van der Waals surface area contributed by atoms with Crippen molar-refractivity contribution in [3.05, 3.63) is 11.9 Å². The minimum Gasteiger partial charge on any atom is -0.396 e. The van der Waals surface area contributed by atoms with E-state index in [2.05, 4.69) is 10.3 Å². The lowest BCUT2D eigenvalue weighted by atomic mass is 10.3. The maximum Gasteiger partial charge on any atom is 0.0850 e. The van der Waals surface area contributed by atoms with E-state index >= 15 is 0 Å². The molecule has 0 aliphatic carbocycles. The van der Waals surface area contributed by atoms with Gasteiger partial charge in [0.15, 0.2) is 0 Å². The second-order valence-electron chi connectivity index (χ2n) is 2.97. The number of hydrogen-bond donors (Lipinski definition) is 1. The molecule has 1 atom stereocenters. The van der Waals surface area contributed by atoms with Crippen molar-refractivity contribution in [2.45, 2.75) is 19.4 Å². The summed E-state index contributed by atoms with van der Waals surface area (Å²) in [7, 11) is 1.65. The fourth-order valence-electron chi connectivity index (χ4n) is 1.08. The van der Waals surface area contributed by atoms with E-state index in [0.29, 0.717) is 13.0 Å². The van der Waals surface area contributed by atoms with Gasteiger partial charge >= 0.3 is 0 Å². The quantitative estimate of drug-likeness (QED) is 0.702. The third kappa shape index (κ3) is 2.78. The number of aliphatic hydroxyl groups excluding tert-OH is 1. The van der Waals surface area contributed by atoms with Crippen LogP contribution in [0.25, 0.3) is 0 Å². The maximum absolute atomic E-state index is 8.67. The first-order chi connectivity index (χ1) is 6.27. The Labute approximate surface area is 77.3 Å². The van der Waals surface area contributed by atoms with Crippen LogP contribution in [0, 0.1) is 0 Å². The Hall–Kier alpha value is -0.940. The summed E-state index contributed by atoms with van der Waals surface area (Å²) in [5, 5.41) is 16.5. The second kappa shape index (κ2) is 4.94. The first-order valence-corrected chi connectivity index (χ1v) is 4.28. The highest BCUT2D eigenvalue weighted by atomic mass is 16.5. The molecule has 0 bridgehead atoms. The van der Waals surface area contributed by atoms with Gasteiger partial charge in [-0.15, -0.1) is 5.10 Å². The van der Waals surface area contributed by atoms with Gasteiger partial charge in [-0.1, -0.05) is 5.21 Å². The molecular formula is C8H15N3O2. The molecule has 1 heterocycles. The predicted molar refractivity (Wildman–Crippen MR) is 47.4 cm³/mol. The van der Waals surface area contributed by atoms with Crippen molar-refractivity contribution < 1.29 is 9.84 Å². The van der Waals surface area contributed by atoms with E-state index in [1.807, 2.05) is 13.1 Å². The predicted octanol–water partition coefficient (Wildman–Crippen LogP) is 0.0203. The fraction of sp³-hybridized carbons (Fsp3) is 0.750. The monoisotopic (exact) mass is 185 g/mol. The van der Waals surface area contributed by atoms with Crippen LogP contribution in [0.4, 0.5) is 0 Å². The Balaban J connectivity index is 2.56. The lowest BCUT2D eigenvalue weighted by Crippen LogP contribution is -2.11. The van der Waals surface area contributed by atoms with Gasteiger partial charge in [-0.05, 0) is 6.92 Å². The van der Waals surface area contributed by atoms with Gasteiger partial charge in [-0.25, -0.2) is 4.68 Å². The number of aliphatic hydroxyl groups is 1. The van der Waals surface area contributed by atoms with E-state index in [-0.39, 0.29) is 12.6 Å². The molecule has 0 radical (unpaired) electrons. The molecule has 1 aromatic heterocycles. The lowest BCUT2D eigenvalue weighted by molar-refractivity contribution is 0.156. The molecule has 0 aliphatic rings. The maximum atomic E-state index is 8.67. The van der Waals surface area contributed by atoms with Crippen molar-refractivity contribution in [1.29, 1.82) is 0 Å². The van der Waals surface area contributed by atoms with E-state index < -0.39 is 0 Å². The normalized spacial score (nSPS) is 13.2. The third-order valence-electron chi connectivity index (χ3n) is 1.79. The molecule has 0 aromatic carbocycles. The van der Waals surface area contributed by atoms with E-state index in [0.717, 1.165) is 5.69 Å². The Morgan fingerprint density at radius 2 is 2.46 bits per heavy atom. The Morgan fingerprint density at radius 3 is 3.08 bits per heavy atom. The highest BCUT2D eigenvalue weighted by Gasteiger charge is 2.06. The summed E-state index contributed by atoms with van der Waals surface area (Å²) in [6.07, 6.45) is 2.39. The molecule has 13 heavy (non-hydrogen) atoms. The Bertz CT molecular complexity index is 249. The van der Waals surface area contributed by atoms with Crippen LogP contribution >= 0.6 is 0 Å². The molecule has 5 heteroatoms. The van der Waals surface area contributed by atoms with Crippen molar-refractivity contribution in [2.75, 3.05) is 20.3 Å². The summed E-state index contributed by atoms with van der Waals surface area (Å²) in [4.78, 5) is 0. The number of hydrogen-bond acceptors (Lipinski definition) is 4. The average Bonchev–Trinajstić information content (AvgIpc) is 2.54. The number of rotatable bonds is 5. The topological polar surface area (TPSA) is 60.2 Å². The van der Waals surface area contributed by atoms with Gasteiger partial charge in [0.05, 0.1) is 18.3 Å². The molecule has 5 nitrogen and oxygen atoms in total. The minimum absolute atomic E-state index is 0.108. The molecule has 0 fully saturated rings. The van der Waals surface area contributed by atoms with Crippen molar-refractivity contribution in [1.82, 2.24) is 15.0 Å². The summed E-state index contributed by atoms with van der Waals surface area (Å²) < 4.78 is 6.73. The molecular weight excluding hydrogens is 170 g/mol. The van der Waals surface area contributed by atoms with Crippen LogP contribution in [0.1, 0.15) is 18.7 Å². The zero-order valence-corrected chi connectivity index (χ0v) is 7.97. The van der Waals surface area contributed by atoms with E-state index in [4.69, 9.17) is 9.84 Å². The van der Waals surface area contributed by atoms with E-state index in [1.54, 1.807) is 11.8 Å². The highest BCUT2D eigenvalue weighted by molar-refractivity contribution is 4.93. The van der Waals surface area contributed by atoms with Crippen LogP contribution in [0.15, 0.2) is 6.20 Å². The largest absolute Gasteiger partial charge is 0.396 e. The number of ether oxygens (including phenoxy) is 1. The second-order valence-corrected chi connectivity index (χ2v) is 2.97. The molecule has 0 amide bonds. The smallest absolute Gasteiger partial charge is 0.0850 e. The van der Waals surface area contributed by atoms with Crippen molar-refractivity contribution >= 4 is 0 Å². The molecule has 1 N–H and O–H groups in total. The van der Waals surface area contributed by atoms with Gasteiger partial charge < -0.3 is 9.84 Å². The van der Waals surface area contributed by atoms with Gasteiger partial charge in [0.25, 0.3) is 0 Å². The molecule has 0 saturated heterocycles. The zero-order valence-electron chi connectivity index (χ0n) is 7.97. The van der Waals surface area contributed by atoms with Gasteiger partial charge in [0.1, 0.15) is 0 Å². The minimum atomic E-state index is 0.108. The van der Waals surface area contributed by atoms with Crippen LogP contribution in [-0.4, -0.2) is 40.4 Å². The van der Waals surface area contributed by atoms with Gasteiger partial charge in [-0.2, -0.15) is 0 Å². The van der Waals surface area contributed by atoms with Crippen LogP contribution < -0.4 is 0 Å². The third-order valence-corrected chi connectivity index (χ3v) is 1.79. The number of nitrogens with zero attached hydrogens (tertiary/aromatic N) is 3. The summed E-state index contributed by atoms with van der Waals surface area (Å²) >= 11 is 0. The number of methoxy groups -OCH3 is 1. The average molecular weight is 185 g/mol. The van der Waals surface area contributed by atoms with Crippen molar-refractivity contribution in [3.8, 4) is 0 Å². The molecule has 74 valence electrons. The first-order valence-electron chi connectivity index (χ1n) is 4.28. The summed E-state index contributed by atoms with van der Waals surface area (Å²) in [6, 6.07) is 0.185. The van der Waals surface area contributed by atoms with Gasteiger partial charge in [0.2, 0.25) is 0 Å². The zero-order chi connectivity index (χ0) is 9.68. The van der Waals surface area contributed by atoms with E-state index in [9.17, 15) is 0 Å². The van der Waals surface area contributed by atoms with Gasteiger partial charge in [0, 0.05) is 26.3 Å². The highest BCUT2D eigenvalue weighted by Crippen LogP contribution is 2.04. The molecule has 0 saturated carbocycles. The molecule has 1 aromatic rings. The van der Waals surface area contributed by atoms with Crippen LogP contribution in [0.3, 0.4) is 0 Å². The van der Waals surface area contributed by atoms with Crippen molar-refractivity contribution in [3.63, 3.8) is 0 Å². The fourth-order valence-corrected chi connectivity index (χ4v) is 1.08. The van der Waals surface area contributed by atoms with E-state index in [1.165, 1.54) is 0 Å². The molecule has 1 unspecified atom stereocenters. The lowest BCUT2D eigenvalue weighted by Gasteiger charge is -2.08. The molecule has 0 spiro atoms. The van der Waals surface area contributed by atoms with Gasteiger partial charge in [-0.3, -0.25) is 0 Å². The Kier molecular flexibility index (Phi) is 3.85. The first kappa shape index (κ1) is 10.1. The molecule has 0 aliphatic heterocycles. The SMILES string of the molecule is COCC(C)n1cc(CCO)nn1. The standard InChI is InChI=1S/C8H15N3O2/c1-7(6-13-2)11-5-8(3-4-12)9-10-11/h5,7,12H,3-4,6H2,1-2H3. The van der Waals surface area contributed by atoms with Crippen molar-refractivity contribution in [2.24, 2.45) is 0 Å². The molecule has 1 rings (SSSR count). The summed E-state index contributed by atoms with van der Waals surface area (Å²) in [5.41, 5.74) is 0.811. The van der Waals surface area contributed by atoms with Crippen LogP contribution in [0.5, 0.6) is 0 Å². The summed E-state index contributed by atoms with van der Waals surface area (Å²) in [5.74, 6) is 0. The number of aromatic nitrogens is 3. The van der Waals surface area contributed by atoms with Crippen LogP contribution in [-0.2, 0) is 11.2 Å². The summed E-state index contributed by atoms with van der Waals surface area (Å²) in [6.45, 7) is 2.72. The van der Waals surface area contributed by atoms with Crippen LogP contribution in [0.2, 0.25) is 0 Å². The Morgan fingerprint density at radius 1 is 1.69 bits per heavy atom.